The molecule has 0 saturated carbocycles. The van der Waals surface area contributed by atoms with Gasteiger partial charge in [0.2, 0.25) is 0 Å². The third-order valence-electron chi connectivity index (χ3n) is 5.19. The van der Waals surface area contributed by atoms with E-state index >= 15 is 0 Å². The Labute approximate surface area is 173 Å². The molecule has 142 valence electrons. The number of anilines is 2. The van der Waals surface area contributed by atoms with Crippen molar-refractivity contribution in [3.8, 4) is 11.1 Å². The third kappa shape index (κ3) is 4.64. The maximum Gasteiger partial charge on any atom is 0.0408 e. The second-order valence-corrected chi connectivity index (χ2v) is 7.31. The second kappa shape index (κ2) is 8.62. The van der Waals surface area contributed by atoms with Gasteiger partial charge < -0.3 is 4.90 Å². The van der Waals surface area contributed by atoms with Crippen LogP contribution in [0.15, 0.2) is 103 Å². The van der Waals surface area contributed by atoms with Gasteiger partial charge in [-0.1, -0.05) is 96.6 Å². The lowest BCUT2D eigenvalue weighted by Crippen LogP contribution is -2.08. The topological polar surface area (TPSA) is 3.24 Å². The molecular weight excluding hydrogens is 350 g/mol. The monoisotopic (exact) mass is 375 g/mol. The average molecular weight is 376 g/mol. The van der Waals surface area contributed by atoms with Crippen molar-refractivity contribution in [2.75, 3.05) is 11.9 Å². The lowest BCUT2D eigenvalue weighted by atomic mass is 10.0. The van der Waals surface area contributed by atoms with Crippen LogP contribution in [0.3, 0.4) is 0 Å². The van der Waals surface area contributed by atoms with Crippen LogP contribution in [0.5, 0.6) is 0 Å². The molecule has 0 aliphatic rings. The van der Waals surface area contributed by atoms with E-state index < -0.39 is 0 Å². The van der Waals surface area contributed by atoms with E-state index in [0.29, 0.717) is 0 Å². The maximum atomic E-state index is 2.21. The summed E-state index contributed by atoms with van der Waals surface area (Å²) < 4.78 is 0. The fraction of sp³-hybridized carbons (Fsp3) is 0.0714. The largest absolute Gasteiger partial charge is 0.345 e. The first kappa shape index (κ1) is 18.8. The van der Waals surface area contributed by atoms with Crippen molar-refractivity contribution in [3.63, 3.8) is 0 Å². The van der Waals surface area contributed by atoms with E-state index in [2.05, 4.69) is 128 Å². The highest BCUT2D eigenvalue weighted by Crippen LogP contribution is 2.27. The standard InChI is InChI=1S/C28H25N/c1-22-8-14-25(15-9-22)26-16-20-28(21-17-26)29(2)27-18-12-24(13-19-27)11-10-23-6-4-3-5-7-23/h3-21H,1-2H3/b11-10+. The second-order valence-electron chi connectivity index (χ2n) is 7.31. The zero-order valence-corrected chi connectivity index (χ0v) is 16.9. The van der Waals surface area contributed by atoms with Gasteiger partial charge in [0.15, 0.2) is 0 Å². The number of nitrogens with zero attached hydrogens (tertiary/aromatic N) is 1. The number of hydrogen-bond acceptors (Lipinski definition) is 1. The van der Waals surface area contributed by atoms with Crippen LogP contribution in [0, 0.1) is 6.92 Å². The van der Waals surface area contributed by atoms with Crippen molar-refractivity contribution in [2.24, 2.45) is 0 Å². The molecule has 0 aromatic heterocycles. The van der Waals surface area contributed by atoms with E-state index in [9.17, 15) is 0 Å². The Bertz CT molecular complexity index is 1070. The third-order valence-corrected chi connectivity index (χ3v) is 5.19. The molecule has 0 saturated heterocycles. The van der Waals surface area contributed by atoms with Gasteiger partial charge in [-0.15, -0.1) is 0 Å². The summed E-state index contributed by atoms with van der Waals surface area (Å²) in [4.78, 5) is 2.21. The van der Waals surface area contributed by atoms with Crippen molar-refractivity contribution < 1.29 is 0 Å². The molecule has 0 fully saturated rings. The fourth-order valence-electron chi connectivity index (χ4n) is 3.34. The quantitative estimate of drug-likeness (QED) is 0.325. The smallest absolute Gasteiger partial charge is 0.0408 e. The summed E-state index contributed by atoms with van der Waals surface area (Å²) in [7, 11) is 2.11. The molecule has 4 aromatic rings. The van der Waals surface area contributed by atoms with E-state index in [4.69, 9.17) is 0 Å². The molecule has 0 radical (unpaired) electrons. The molecule has 0 aliphatic heterocycles. The predicted octanol–water partition coefficient (Wildman–Crippen LogP) is 7.60. The summed E-state index contributed by atoms with van der Waals surface area (Å²) in [5.74, 6) is 0. The molecule has 0 bridgehead atoms. The minimum absolute atomic E-state index is 1.17. The van der Waals surface area contributed by atoms with E-state index in [1.807, 2.05) is 6.07 Å². The zero-order chi connectivity index (χ0) is 20.1. The number of rotatable bonds is 5. The van der Waals surface area contributed by atoms with Crippen LogP contribution in [-0.2, 0) is 0 Å². The minimum Gasteiger partial charge on any atom is -0.345 e. The van der Waals surface area contributed by atoms with Gasteiger partial charge in [0, 0.05) is 18.4 Å². The minimum atomic E-state index is 1.17. The first-order valence-electron chi connectivity index (χ1n) is 9.93. The summed E-state index contributed by atoms with van der Waals surface area (Å²) in [6.07, 6.45) is 4.29. The maximum absolute atomic E-state index is 2.21. The summed E-state index contributed by atoms with van der Waals surface area (Å²) >= 11 is 0. The predicted molar refractivity (Wildman–Crippen MR) is 126 cm³/mol. The zero-order valence-electron chi connectivity index (χ0n) is 16.9. The summed E-state index contributed by atoms with van der Waals surface area (Å²) in [6.45, 7) is 2.12. The Balaban J connectivity index is 1.47. The molecule has 0 unspecified atom stereocenters. The van der Waals surface area contributed by atoms with Crippen LogP contribution in [-0.4, -0.2) is 7.05 Å². The Morgan fingerprint density at radius 2 is 0.966 bits per heavy atom. The van der Waals surface area contributed by atoms with Crippen molar-refractivity contribution in [1.29, 1.82) is 0 Å². The average Bonchev–Trinajstić information content (AvgIpc) is 2.79. The van der Waals surface area contributed by atoms with Gasteiger partial charge in [0.05, 0.1) is 0 Å². The van der Waals surface area contributed by atoms with Crippen LogP contribution in [0.25, 0.3) is 23.3 Å². The number of aryl methyl sites for hydroxylation is 1. The van der Waals surface area contributed by atoms with Gasteiger partial charge in [-0.05, 0) is 53.4 Å². The van der Waals surface area contributed by atoms with Gasteiger partial charge in [-0.25, -0.2) is 0 Å². The normalized spacial score (nSPS) is 11.0. The number of benzene rings is 4. The molecule has 0 amide bonds. The molecule has 1 nitrogen and oxygen atoms in total. The highest BCUT2D eigenvalue weighted by Gasteiger charge is 2.05. The summed E-state index contributed by atoms with van der Waals surface area (Å²) in [5, 5.41) is 0. The SMILES string of the molecule is Cc1ccc(-c2ccc(N(C)c3ccc(/C=C/c4ccccc4)cc3)cc2)cc1. The van der Waals surface area contributed by atoms with E-state index in [-0.39, 0.29) is 0 Å². The van der Waals surface area contributed by atoms with Gasteiger partial charge in [-0.3, -0.25) is 0 Å². The Morgan fingerprint density at radius 1 is 0.517 bits per heavy atom. The van der Waals surface area contributed by atoms with Crippen molar-refractivity contribution in [1.82, 2.24) is 0 Å². The molecule has 0 N–H and O–H groups in total. The Morgan fingerprint density at radius 3 is 1.52 bits per heavy atom. The van der Waals surface area contributed by atoms with Crippen LogP contribution in [0.4, 0.5) is 11.4 Å². The summed E-state index contributed by atoms with van der Waals surface area (Å²) in [5.41, 5.74) is 8.52. The van der Waals surface area contributed by atoms with Crippen LogP contribution in [0.1, 0.15) is 16.7 Å². The van der Waals surface area contributed by atoms with Crippen LogP contribution >= 0.6 is 0 Å². The lowest BCUT2D eigenvalue weighted by Gasteiger charge is -2.20. The molecule has 0 heterocycles. The fourth-order valence-corrected chi connectivity index (χ4v) is 3.34. The molecule has 29 heavy (non-hydrogen) atoms. The van der Waals surface area contributed by atoms with E-state index in [1.54, 1.807) is 0 Å². The molecule has 1 heteroatoms. The molecule has 4 aromatic carbocycles. The molecule has 0 aliphatic carbocycles. The Hall–Kier alpha value is -3.58. The molecule has 4 rings (SSSR count). The highest BCUT2D eigenvalue weighted by molar-refractivity contribution is 5.73. The molecule has 0 atom stereocenters. The first-order valence-corrected chi connectivity index (χ1v) is 9.93. The van der Waals surface area contributed by atoms with Crippen LogP contribution < -0.4 is 4.90 Å². The molecular formula is C28H25N. The first-order chi connectivity index (χ1) is 14.2. The van der Waals surface area contributed by atoms with Crippen LogP contribution in [0.2, 0.25) is 0 Å². The Kier molecular flexibility index (Phi) is 5.58. The van der Waals surface area contributed by atoms with Crippen molar-refractivity contribution in [2.45, 2.75) is 6.92 Å². The van der Waals surface area contributed by atoms with Crippen molar-refractivity contribution in [3.05, 3.63) is 120 Å². The van der Waals surface area contributed by atoms with Crippen molar-refractivity contribution >= 4 is 23.5 Å². The van der Waals surface area contributed by atoms with Gasteiger partial charge >= 0.3 is 0 Å². The van der Waals surface area contributed by atoms with Gasteiger partial charge in [0.25, 0.3) is 0 Å². The van der Waals surface area contributed by atoms with Gasteiger partial charge in [-0.2, -0.15) is 0 Å². The lowest BCUT2D eigenvalue weighted by molar-refractivity contribution is 1.21. The van der Waals surface area contributed by atoms with E-state index in [1.165, 1.54) is 39.2 Å². The van der Waals surface area contributed by atoms with Gasteiger partial charge in [0.1, 0.15) is 0 Å². The van der Waals surface area contributed by atoms with E-state index in [0.717, 1.165) is 0 Å². The summed E-state index contributed by atoms with van der Waals surface area (Å²) in [6, 6.07) is 36.4. The number of hydrogen-bond donors (Lipinski definition) is 0. The molecule has 0 spiro atoms. The highest BCUT2D eigenvalue weighted by atomic mass is 15.1.